The Balaban J connectivity index is 1.68. The number of amides is 3. The molecule has 0 bridgehead atoms. The van der Waals surface area contributed by atoms with Crippen LogP contribution in [0.5, 0.6) is 5.75 Å². The molecule has 0 radical (unpaired) electrons. The molecule has 1 aliphatic heterocycles. The van der Waals surface area contributed by atoms with Gasteiger partial charge in [-0.2, -0.15) is 0 Å². The number of rotatable bonds is 5. The zero-order chi connectivity index (χ0) is 20.3. The molecule has 0 spiro atoms. The third-order valence-corrected chi connectivity index (χ3v) is 5.20. The van der Waals surface area contributed by atoms with Crippen LogP contribution in [0.15, 0.2) is 47.4 Å². The van der Waals surface area contributed by atoms with Crippen LogP contribution < -0.4 is 10.1 Å². The lowest BCUT2D eigenvalue weighted by Crippen LogP contribution is -2.36. The van der Waals surface area contributed by atoms with Gasteiger partial charge in [0.2, 0.25) is 5.91 Å². The second-order valence-corrected chi connectivity index (χ2v) is 7.56. The second kappa shape index (κ2) is 8.68. The van der Waals surface area contributed by atoms with E-state index < -0.39 is 23.6 Å². The van der Waals surface area contributed by atoms with E-state index >= 15 is 0 Å². The molecule has 2 aromatic rings. The molecule has 1 heterocycles. The zero-order valence-corrected chi connectivity index (χ0v) is 16.9. The molecule has 9 heteroatoms. The number of nitrogens with one attached hydrogen (secondary N) is 1. The Labute approximate surface area is 175 Å². The van der Waals surface area contributed by atoms with Gasteiger partial charge in [-0.25, -0.2) is 0 Å². The van der Waals surface area contributed by atoms with Crippen LogP contribution in [-0.4, -0.2) is 35.6 Å². The molecule has 0 aliphatic carbocycles. The van der Waals surface area contributed by atoms with Gasteiger partial charge < -0.3 is 10.1 Å². The van der Waals surface area contributed by atoms with Crippen molar-refractivity contribution in [3.8, 4) is 5.75 Å². The molecule has 6 nitrogen and oxygen atoms in total. The van der Waals surface area contributed by atoms with Crippen molar-refractivity contribution in [1.29, 1.82) is 0 Å². The predicted molar refractivity (Wildman–Crippen MR) is 111 cm³/mol. The van der Waals surface area contributed by atoms with Crippen LogP contribution in [0.3, 0.4) is 0 Å². The number of imide groups is 1. The molecule has 0 saturated carbocycles. The second-order valence-electron chi connectivity index (χ2n) is 5.72. The summed E-state index contributed by atoms with van der Waals surface area (Å²) in [6, 6.07) is 11.6. The number of methoxy groups -OCH3 is 1. The van der Waals surface area contributed by atoms with Crippen molar-refractivity contribution in [2.24, 2.45) is 0 Å². The zero-order valence-electron chi connectivity index (χ0n) is 14.6. The molecule has 0 aromatic heterocycles. The van der Waals surface area contributed by atoms with Crippen molar-refractivity contribution < 1.29 is 19.1 Å². The number of thioether (sulfide) groups is 1. The van der Waals surface area contributed by atoms with E-state index in [0.717, 1.165) is 16.7 Å². The number of benzene rings is 2. The number of hydrogen-bond acceptors (Lipinski definition) is 5. The van der Waals surface area contributed by atoms with Gasteiger partial charge in [-0.1, -0.05) is 35.3 Å². The first-order valence-electron chi connectivity index (χ1n) is 8.01. The lowest BCUT2D eigenvalue weighted by Gasteiger charge is -2.13. The maximum absolute atomic E-state index is 12.5. The number of hydrogen-bond donors (Lipinski definition) is 1. The molecule has 28 heavy (non-hydrogen) atoms. The number of carbonyl (C=O) groups is 3. The summed E-state index contributed by atoms with van der Waals surface area (Å²) in [5.41, 5.74) is 1.12. The monoisotopic (exact) mass is 436 g/mol. The average Bonchev–Trinajstić information content (AvgIpc) is 2.89. The molecule has 2 aromatic carbocycles. The van der Waals surface area contributed by atoms with Crippen molar-refractivity contribution in [2.75, 3.05) is 19.0 Å². The molecular weight excluding hydrogens is 423 g/mol. The van der Waals surface area contributed by atoms with E-state index in [1.807, 2.05) is 0 Å². The number of carbonyl (C=O) groups excluding carboxylic acids is 3. The Morgan fingerprint density at radius 3 is 2.68 bits per heavy atom. The first-order chi connectivity index (χ1) is 13.4. The standard InChI is InChI=1S/C19H14Cl2N2O4S/c1-27-15-6-5-13(9-14(15)21)22-17(24)10-23-18(25)16(28-19(23)26)8-11-3-2-4-12(20)7-11/h2-9H,10H2,1H3,(H,22,24)/b16-8+. The largest absolute Gasteiger partial charge is 0.495 e. The van der Waals surface area contributed by atoms with Gasteiger partial charge in [-0.15, -0.1) is 0 Å². The van der Waals surface area contributed by atoms with Crippen molar-refractivity contribution in [2.45, 2.75) is 0 Å². The predicted octanol–water partition coefficient (Wildman–Crippen LogP) is 4.68. The first kappa shape index (κ1) is 20.3. The van der Waals surface area contributed by atoms with Crippen molar-refractivity contribution in [3.05, 3.63) is 63.0 Å². The third-order valence-electron chi connectivity index (χ3n) is 3.76. The van der Waals surface area contributed by atoms with E-state index in [1.54, 1.807) is 42.5 Å². The van der Waals surface area contributed by atoms with Crippen LogP contribution in [0.25, 0.3) is 6.08 Å². The highest BCUT2D eigenvalue weighted by Crippen LogP contribution is 2.32. The first-order valence-corrected chi connectivity index (χ1v) is 9.59. The Hall–Kier alpha value is -2.48. The molecule has 1 fully saturated rings. The highest BCUT2D eigenvalue weighted by atomic mass is 35.5. The molecule has 0 unspecified atom stereocenters. The van der Waals surface area contributed by atoms with Gasteiger partial charge >= 0.3 is 0 Å². The number of anilines is 1. The summed E-state index contributed by atoms with van der Waals surface area (Å²) >= 11 is 12.7. The Bertz CT molecular complexity index is 994. The minimum absolute atomic E-state index is 0.229. The van der Waals surface area contributed by atoms with E-state index in [4.69, 9.17) is 27.9 Å². The smallest absolute Gasteiger partial charge is 0.294 e. The van der Waals surface area contributed by atoms with E-state index in [0.29, 0.717) is 27.0 Å². The van der Waals surface area contributed by atoms with Crippen molar-refractivity contribution >= 4 is 63.8 Å². The van der Waals surface area contributed by atoms with E-state index in [9.17, 15) is 14.4 Å². The van der Waals surface area contributed by atoms with E-state index in [1.165, 1.54) is 13.2 Å². The molecular formula is C19H14Cl2N2O4S. The van der Waals surface area contributed by atoms with Gasteiger partial charge in [0.1, 0.15) is 12.3 Å². The summed E-state index contributed by atoms with van der Waals surface area (Å²) in [5, 5.41) is 2.94. The third kappa shape index (κ3) is 4.67. The van der Waals surface area contributed by atoms with Crippen LogP contribution >= 0.6 is 35.0 Å². The summed E-state index contributed by atoms with van der Waals surface area (Å²) in [6.07, 6.45) is 1.57. The Morgan fingerprint density at radius 2 is 2.00 bits per heavy atom. The highest BCUT2D eigenvalue weighted by Gasteiger charge is 2.36. The fourth-order valence-corrected chi connectivity index (χ4v) is 3.77. The maximum atomic E-state index is 12.5. The fourth-order valence-electron chi connectivity index (χ4n) is 2.47. The normalized spacial score (nSPS) is 15.2. The lowest BCUT2D eigenvalue weighted by atomic mass is 10.2. The quantitative estimate of drug-likeness (QED) is 0.688. The van der Waals surface area contributed by atoms with Crippen LogP contribution in [0.1, 0.15) is 5.56 Å². The number of halogens is 2. The van der Waals surface area contributed by atoms with Crippen LogP contribution in [0.4, 0.5) is 10.5 Å². The van der Waals surface area contributed by atoms with E-state index in [-0.39, 0.29) is 4.91 Å². The topological polar surface area (TPSA) is 75.7 Å². The minimum Gasteiger partial charge on any atom is -0.495 e. The summed E-state index contributed by atoms with van der Waals surface area (Å²) in [6.45, 7) is -0.402. The summed E-state index contributed by atoms with van der Waals surface area (Å²) in [4.78, 5) is 38.0. The summed E-state index contributed by atoms with van der Waals surface area (Å²) < 4.78 is 5.05. The van der Waals surface area contributed by atoms with Gasteiger partial charge in [0.25, 0.3) is 11.1 Å². The number of ether oxygens (including phenoxy) is 1. The highest BCUT2D eigenvalue weighted by molar-refractivity contribution is 8.18. The van der Waals surface area contributed by atoms with E-state index in [2.05, 4.69) is 5.32 Å². The molecule has 1 saturated heterocycles. The van der Waals surface area contributed by atoms with Gasteiger partial charge in [-0.05, 0) is 53.7 Å². The van der Waals surface area contributed by atoms with Crippen molar-refractivity contribution in [1.82, 2.24) is 4.90 Å². The Morgan fingerprint density at radius 1 is 1.21 bits per heavy atom. The summed E-state index contributed by atoms with van der Waals surface area (Å²) in [5.74, 6) is -0.581. The average molecular weight is 437 g/mol. The summed E-state index contributed by atoms with van der Waals surface area (Å²) in [7, 11) is 1.48. The molecule has 0 atom stereocenters. The maximum Gasteiger partial charge on any atom is 0.294 e. The molecule has 144 valence electrons. The molecule has 1 aliphatic rings. The van der Waals surface area contributed by atoms with Crippen LogP contribution in [0.2, 0.25) is 10.0 Å². The lowest BCUT2D eigenvalue weighted by molar-refractivity contribution is -0.127. The van der Waals surface area contributed by atoms with Crippen LogP contribution in [0, 0.1) is 0 Å². The van der Waals surface area contributed by atoms with Gasteiger partial charge in [0.15, 0.2) is 0 Å². The van der Waals surface area contributed by atoms with Crippen LogP contribution in [-0.2, 0) is 9.59 Å². The van der Waals surface area contributed by atoms with Gasteiger partial charge in [0.05, 0.1) is 17.0 Å². The number of nitrogens with zero attached hydrogens (tertiary/aromatic N) is 1. The fraction of sp³-hybridized carbons (Fsp3) is 0.105. The Kier molecular flexibility index (Phi) is 6.28. The van der Waals surface area contributed by atoms with Gasteiger partial charge in [-0.3, -0.25) is 19.3 Å². The molecule has 3 amide bonds. The molecule has 1 N–H and O–H groups in total. The minimum atomic E-state index is -0.530. The van der Waals surface area contributed by atoms with Crippen molar-refractivity contribution in [3.63, 3.8) is 0 Å². The SMILES string of the molecule is COc1ccc(NC(=O)CN2C(=O)S/C(=C/c3cccc(Cl)c3)C2=O)cc1Cl. The van der Waals surface area contributed by atoms with Gasteiger partial charge in [0, 0.05) is 10.7 Å². The molecule has 3 rings (SSSR count).